The largest absolute Gasteiger partial charge is 0.484 e. The van der Waals surface area contributed by atoms with Gasteiger partial charge in [0.15, 0.2) is 34.8 Å². The lowest BCUT2D eigenvalue weighted by Crippen LogP contribution is -2.46. The van der Waals surface area contributed by atoms with Gasteiger partial charge in [-0.25, -0.2) is 37.1 Å². The van der Waals surface area contributed by atoms with Gasteiger partial charge >= 0.3 is 11.9 Å². The molecule has 0 saturated carbocycles. The van der Waals surface area contributed by atoms with Crippen LogP contribution in [0.1, 0.15) is 13.8 Å². The van der Waals surface area contributed by atoms with E-state index in [0.29, 0.717) is 11.4 Å². The third-order valence-corrected chi connectivity index (χ3v) is 11.6. The number of aromatic nitrogens is 2. The predicted molar refractivity (Wildman–Crippen MR) is 236 cm³/mol. The number of piperazine rings is 2. The molecule has 6 aromatic rings. The van der Waals surface area contributed by atoms with Crippen LogP contribution in [0.25, 0.3) is 44.1 Å². The van der Waals surface area contributed by atoms with Gasteiger partial charge in [-0.1, -0.05) is 62.4 Å². The Morgan fingerprint density at radius 1 is 0.516 bits per heavy atom. The molecule has 64 heavy (non-hydrogen) atoms. The average molecular weight is 881 g/mol. The maximum Gasteiger partial charge on any atom is 0.417 e. The van der Waals surface area contributed by atoms with E-state index < -0.39 is 73.1 Å². The number of ether oxygens (including phenoxy) is 4. The summed E-state index contributed by atoms with van der Waals surface area (Å²) in [5.74, 6) is -6.69. The van der Waals surface area contributed by atoms with Crippen LogP contribution in [0.5, 0.6) is 11.5 Å². The first kappa shape index (κ1) is 44.1. The van der Waals surface area contributed by atoms with E-state index in [1.54, 1.807) is 12.1 Å². The second-order valence-electron chi connectivity index (χ2n) is 15.5. The monoisotopic (exact) mass is 880 g/mol. The fraction of sp³-hybridized carbons (Fsp3) is 0.333. The number of hydrogen-bond donors (Lipinski definition) is 0. The van der Waals surface area contributed by atoms with Crippen LogP contribution in [0.2, 0.25) is 0 Å². The van der Waals surface area contributed by atoms with Crippen LogP contribution >= 0.6 is 0 Å². The smallest absolute Gasteiger partial charge is 0.417 e. The van der Waals surface area contributed by atoms with Crippen LogP contribution in [0.3, 0.4) is 0 Å². The molecule has 334 valence electrons. The van der Waals surface area contributed by atoms with Gasteiger partial charge in [-0.3, -0.25) is 0 Å². The molecule has 0 unspecified atom stereocenters. The summed E-state index contributed by atoms with van der Waals surface area (Å²) in [4.78, 5) is 43.3. The van der Waals surface area contributed by atoms with E-state index >= 15 is 17.6 Å². The molecule has 0 bridgehead atoms. The number of carbonyl (C=O) groups is 2. The molecule has 0 N–H and O–H groups in total. The molecule has 2 aromatic heterocycles. The minimum atomic E-state index is -1.41. The van der Waals surface area contributed by atoms with Crippen molar-refractivity contribution < 1.29 is 46.1 Å². The highest BCUT2D eigenvalue weighted by molar-refractivity contribution is 6.29. The number of anilines is 2. The van der Waals surface area contributed by atoms with Gasteiger partial charge in [-0.2, -0.15) is 0 Å². The van der Waals surface area contributed by atoms with E-state index in [4.69, 9.17) is 28.9 Å². The first-order valence-electron chi connectivity index (χ1n) is 21.4. The second-order valence-corrected chi connectivity index (χ2v) is 15.5. The molecule has 2 aliphatic rings. The van der Waals surface area contributed by atoms with Crippen molar-refractivity contribution in [1.82, 2.24) is 19.8 Å². The van der Waals surface area contributed by atoms with Crippen molar-refractivity contribution in [3.05, 3.63) is 108 Å². The number of likely N-dealkylation sites (N-methyl/N-ethyl adjacent to an activating group) is 2. The van der Waals surface area contributed by atoms with Gasteiger partial charge in [0, 0.05) is 74.3 Å². The van der Waals surface area contributed by atoms with E-state index in [1.807, 2.05) is 48.5 Å². The molecular weight excluding hydrogens is 833 g/mol. The molecule has 12 nitrogen and oxygen atoms in total. The third-order valence-electron chi connectivity index (χ3n) is 11.6. The predicted octanol–water partition coefficient (Wildman–Crippen LogP) is 7.50. The topological polar surface area (TPSA) is 110 Å². The van der Waals surface area contributed by atoms with E-state index in [-0.39, 0.29) is 11.1 Å². The molecule has 0 atom stereocenters. The van der Waals surface area contributed by atoms with Crippen molar-refractivity contribution in [1.29, 1.82) is 0 Å². The van der Waals surface area contributed by atoms with Gasteiger partial charge in [0.25, 0.3) is 0 Å². The molecule has 0 radical (unpaired) electrons. The number of carbonyl (C=O) groups excluding carboxylic acids is 2. The maximum atomic E-state index is 15.3. The molecule has 0 spiro atoms. The van der Waals surface area contributed by atoms with Crippen LogP contribution in [0.15, 0.2) is 84.9 Å². The van der Waals surface area contributed by atoms with Crippen molar-refractivity contribution in [2.24, 2.45) is 0 Å². The number of nitrogens with zero attached hydrogens (tertiary/aromatic N) is 6. The lowest BCUT2D eigenvalue weighted by molar-refractivity contribution is -0.168. The van der Waals surface area contributed by atoms with Gasteiger partial charge in [-0.15, -0.1) is 0 Å². The lowest BCUT2D eigenvalue weighted by Gasteiger charge is -2.35. The molecule has 2 saturated heterocycles. The van der Waals surface area contributed by atoms with Crippen molar-refractivity contribution in [2.75, 3.05) is 102 Å². The summed E-state index contributed by atoms with van der Waals surface area (Å²) in [5, 5.41) is 3.64. The summed E-state index contributed by atoms with van der Waals surface area (Å²) in [6.45, 7) is 10.7. The summed E-state index contributed by atoms with van der Waals surface area (Å²) in [6, 6.07) is 23.5. The van der Waals surface area contributed by atoms with Gasteiger partial charge < -0.3 is 38.5 Å². The minimum absolute atomic E-state index is 0.214. The highest BCUT2D eigenvalue weighted by Gasteiger charge is 2.24. The first-order valence-corrected chi connectivity index (χ1v) is 21.4. The fourth-order valence-electron chi connectivity index (χ4n) is 8.06. The fourth-order valence-corrected chi connectivity index (χ4v) is 8.06. The van der Waals surface area contributed by atoms with E-state index in [9.17, 15) is 9.59 Å². The Hall–Kier alpha value is -6.52. The summed E-state index contributed by atoms with van der Waals surface area (Å²) in [6.07, 6.45) is 0. The van der Waals surface area contributed by atoms with Crippen molar-refractivity contribution in [3.63, 3.8) is 0 Å². The van der Waals surface area contributed by atoms with Gasteiger partial charge in [0.2, 0.25) is 0 Å². The molecule has 4 aromatic carbocycles. The van der Waals surface area contributed by atoms with Gasteiger partial charge in [0.1, 0.15) is 38.1 Å². The number of fused-ring (bicyclic) bond motifs is 2. The summed E-state index contributed by atoms with van der Waals surface area (Å²) in [7, 11) is 0. The first-order chi connectivity index (χ1) is 31.1. The highest BCUT2D eigenvalue weighted by Crippen LogP contribution is 2.35. The van der Waals surface area contributed by atoms with Crippen LogP contribution in [-0.4, -0.2) is 124 Å². The Bertz CT molecular complexity index is 2430. The lowest BCUT2D eigenvalue weighted by atomic mass is 10.1. The van der Waals surface area contributed by atoms with Gasteiger partial charge in [-0.05, 0) is 60.3 Å². The Labute approximate surface area is 367 Å². The Kier molecular flexibility index (Phi) is 13.7. The zero-order chi connectivity index (χ0) is 44.7. The molecule has 0 amide bonds. The minimum Gasteiger partial charge on any atom is -0.484 e. The number of hydrogen-bond acceptors (Lipinski definition) is 12. The normalized spacial score (nSPS) is 14.8. The van der Waals surface area contributed by atoms with Crippen LogP contribution < -0.4 is 19.3 Å². The maximum absolute atomic E-state index is 15.3. The molecule has 16 heteroatoms. The molecule has 2 fully saturated rings. The van der Waals surface area contributed by atoms with Gasteiger partial charge in [0.05, 0.1) is 11.4 Å². The number of benzene rings is 4. The zero-order valence-electron chi connectivity index (χ0n) is 35.6. The zero-order valence-corrected chi connectivity index (χ0v) is 35.6. The Balaban J connectivity index is 0.820. The average Bonchev–Trinajstić information content (AvgIpc) is 3.32. The second kappa shape index (κ2) is 19.9. The number of rotatable bonds is 14. The Morgan fingerprint density at radius 2 is 0.875 bits per heavy atom. The molecular formula is C48H48F4N6O6. The Morgan fingerprint density at radius 3 is 1.23 bits per heavy atom. The number of halogens is 4. The van der Waals surface area contributed by atoms with Crippen molar-refractivity contribution >= 4 is 45.1 Å². The van der Waals surface area contributed by atoms with Crippen LogP contribution in [0.4, 0.5) is 29.2 Å². The quantitative estimate of drug-likeness (QED) is 0.0468. The summed E-state index contributed by atoms with van der Waals surface area (Å²) < 4.78 is 81.4. The molecule has 8 rings (SSSR count). The van der Waals surface area contributed by atoms with Crippen molar-refractivity contribution in [2.45, 2.75) is 13.8 Å². The molecule has 2 aliphatic heterocycles. The van der Waals surface area contributed by atoms with Crippen LogP contribution in [0, 0.1) is 23.3 Å². The third kappa shape index (κ3) is 9.82. The summed E-state index contributed by atoms with van der Waals surface area (Å²) >= 11 is 0. The van der Waals surface area contributed by atoms with E-state index in [1.165, 1.54) is 0 Å². The standard InChI is InChI=1S/C48H48F4N6O6/c1-3-55-13-17-57(18-14-55)45-35-11-7-5-9-31(35)29-41(53-45)33-25-37(49)43(38(50)26-33)61-21-23-63-47(59)48(60)64-24-22-62-44-39(51)27-34(28-40(44)52)42-30-32-10-6-8-12-36(32)46(54-42)58-19-15-56(4-2)16-20-58/h5-12,25-30H,3-4,13-24H2,1-2H3. The molecule has 0 aliphatic carbocycles. The van der Waals surface area contributed by atoms with Crippen LogP contribution in [-0.2, 0) is 19.1 Å². The molecule has 4 heterocycles. The summed E-state index contributed by atoms with van der Waals surface area (Å²) in [5.41, 5.74) is 1.21. The van der Waals surface area contributed by atoms with E-state index in [0.717, 1.165) is 123 Å². The van der Waals surface area contributed by atoms with Crippen molar-refractivity contribution in [3.8, 4) is 34.0 Å². The van der Waals surface area contributed by atoms with E-state index in [2.05, 4.69) is 33.4 Å². The SMILES string of the molecule is CCN1CCN(c2nc(-c3cc(F)c(OCCOC(=O)C(=O)OCCOc4c(F)cc(-c5cc6ccccc6c(N6CCN(CC)CC6)n5)cc4F)c(F)c3)cc3ccccc23)CC1. The highest BCUT2D eigenvalue weighted by atomic mass is 19.1. The number of esters is 2. The number of pyridine rings is 2.